The predicted molar refractivity (Wildman–Crippen MR) is 65.9 cm³/mol. The SMILES string of the molecule is CC(CN)CCC(=O)c1cc(Br)ccc1F. The van der Waals surface area contributed by atoms with Gasteiger partial charge in [0, 0.05) is 10.9 Å². The van der Waals surface area contributed by atoms with Crippen LogP contribution in [0.5, 0.6) is 0 Å². The van der Waals surface area contributed by atoms with Gasteiger partial charge in [-0.2, -0.15) is 0 Å². The van der Waals surface area contributed by atoms with Gasteiger partial charge < -0.3 is 5.73 Å². The van der Waals surface area contributed by atoms with Gasteiger partial charge in [-0.05, 0) is 37.1 Å². The van der Waals surface area contributed by atoms with Crippen molar-refractivity contribution in [1.29, 1.82) is 0 Å². The molecule has 0 aliphatic rings. The summed E-state index contributed by atoms with van der Waals surface area (Å²) in [6, 6.07) is 4.39. The van der Waals surface area contributed by atoms with Crippen molar-refractivity contribution in [3.8, 4) is 0 Å². The summed E-state index contributed by atoms with van der Waals surface area (Å²) in [5.74, 6) is -0.341. The minimum atomic E-state index is -0.464. The van der Waals surface area contributed by atoms with E-state index in [2.05, 4.69) is 15.9 Å². The molecule has 2 N–H and O–H groups in total. The molecule has 0 spiro atoms. The third kappa shape index (κ3) is 3.68. The predicted octanol–water partition coefficient (Wildman–Crippen LogP) is 3.15. The molecule has 0 aliphatic heterocycles. The maximum atomic E-state index is 13.4. The number of benzene rings is 1. The van der Waals surface area contributed by atoms with E-state index >= 15 is 0 Å². The topological polar surface area (TPSA) is 43.1 Å². The Balaban J connectivity index is 2.69. The number of Topliss-reactive ketones (excluding diaryl/α,β-unsaturated/α-hetero) is 1. The number of hydrogen-bond acceptors (Lipinski definition) is 2. The highest BCUT2D eigenvalue weighted by atomic mass is 79.9. The summed E-state index contributed by atoms with van der Waals surface area (Å²) in [4.78, 5) is 11.7. The number of carbonyl (C=O) groups excluding carboxylic acids is 1. The van der Waals surface area contributed by atoms with E-state index in [1.165, 1.54) is 12.1 Å². The summed E-state index contributed by atoms with van der Waals surface area (Å²) in [7, 11) is 0. The monoisotopic (exact) mass is 287 g/mol. The van der Waals surface area contributed by atoms with Crippen LogP contribution in [0.1, 0.15) is 30.1 Å². The number of nitrogens with two attached hydrogens (primary N) is 1. The van der Waals surface area contributed by atoms with E-state index in [-0.39, 0.29) is 11.3 Å². The molecule has 4 heteroatoms. The van der Waals surface area contributed by atoms with Gasteiger partial charge in [-0.1, -0.05) is 22.9 Å². The Morgan fingerprint density at radius 3 is 2.88 bits per heavy atom. The second kappa shape index (κ2) is 6.11. The zero-order valence-corrected chi connectivity index (χ0v) is 10.8. The first-order valence-corrected chi connectivity index (χ1v) is 6.02. The van der Waals surface area contributed by atoms with Gasteiger partial charge in [0.15, 0.2) is 5.78 Å². The molecule has 1 unspecified atom stereocenters. The van der Waals surface area contributed by atoms with Gasteiger partial charge in [0.2, 0.25) is 0 Å². The van der Waals surface area contributed by atoms with Crippen LogP contribution in [-0.2, 0) is 0 Å². The molecule has 0 aliphatic carbocycles. The lowest BCUT2D eigenvalue weighted by Gasteiger charge is -2.07. The van der Waals surface area contributed by atoms with Crippen LogP contribution in [0.2, 0.25) is 0 Å². The third-order valence-electron chi connectivity index (χ3n) is 2.50. The van der Waals surface area contributed by atoms with Crippen LogP contribution in [0.25, 0.3) is 0 Å². The van der Waals surface area contributed by atoms with Crippen molar-refractivity contribution in [2.24, 2.45) is 11.7 Å². The molecule has 16 heavy (non-hydrogen) atoms. The van der Waals surface area contributed by atoms with Crippen LogP contribution in [-0.4, -0.2) is 12.3 Å². The van der Waals surface area contributed by atoms with Crippen molar-refractivity contribution >= 4 is 21.7 Å². The quantitative estimate of drug-likeness (QED) is 0.846. The van der Waals surface area contributed by atoms with Crippen LogP contribution in [0.3, 0.4) is 0 Å². The van der Waals surface area contributed by atoms with E-state index in [0.717, 1.165) is 0 Å². The van der Waals surface area contributed by atoms with Gasteiger partial charge in [-0.25, -0.2) is 4.39 Å². The Morgan fingerprint density at radius 2 is 2.25 bits per heavy atom. The third-order valence-corrected chi connectivity index (χ3v) is 2.99. The Morgan fingerprint density at radius 1 is 1.56 bits per heavy atom. The van der Waals surface area contributed by atoms with Crippen molar-refractivity contribution in [3.63, 3.8) is 0 Å². The van der Waals surface area contributed by atoms with Gasteiger partial charge >= 0.3 is 0 Å². The van der Waals surface area contributed by atoms with Crippen molar-refractivity contribution in [2.45, 2.75) is 19.8 Å². The fourth-order valence-electron chi connectivity index (χ4n) is 1.34. The first-order valence-electron chi connectivity index (χ1n) is 5.23. The zero-order chi connectivity index (χ0) is 12.1. The summed E-state index contributed by atoms with van der Waals surface area (Å²) < 4.78 is 14.1. The molecular weight excluding hydrogens is 273 g/mol. The molecule has 0 aromatic heterocycles. The maximum Gasteiger partial charge on any atom is 0.165 e. The van der Waals surface area contributed by atoms with E-state index in [0.29, 0.717) is 29.8 Å². The van der Waals surface area contributed by atoms with Crippen LogP contribution >= 0.6 is 15.9 Å². The van der Waals surface area contributed by atoms with Crippen LogP contribution in [0, 0.1) is 11.7 Å². The largest absolute Gasteiger partial charge is 0.330 e. The van der Waals surface area contributed by atoms with Gasteiger partial charge in [-0.3, -0.25) is 4.79 Å². The Bertz CT molecular complexity index is 381. The summed E-state index contributed by atoms with van der Waals surface area (Å²) in [6.45, 7) is 2.53. The Kier molecular flexibility index (Phi) is 5.09. The van der Waals surface area contributed by atoms with Crippen LogP contribution in [0.4, 0.5) is 4.39 Å². The first-order chi connectivity index (χ1) is 7.54. The summed E-state index contributed by atoms with van der Waals surface area (Å²) >= 11 is 3.22. The molecule has 0 saturated carbocycles. The molecule has 1 aromatic rings. The molecule has 1 rings (SSSR count). The van der Waals surface area contributed by atoms with Gasteiger partial charge in [-0.15, -0.1) is 0 Å². The summed E-state index contributed by atoms with van der Waals surface area (Å²) in [5, 5.41) is 0. The normalized spacial score (nSPS) is 12.5. The fourth-order valence-corrected chi connectivity index (χ4v) is 1.70. The number of carbonyl (C=O) groups is 1. The van der Waals surface area contributed by atoms with E-state index < -0.39 is 5.82 Å². The van der Waals surface area contributed by atoms with Crippen molar-refractivity contribution in [2.75, 3.05) is 6.54 Å². The highest BCUT2D eigenvalue weighted by molar-refractivity contribution is 9.10. The standard InChI is InChI=1S/C12H15BrFNO/c1-8(7-15)2-5-12(16)10-6-9(13)3-4-11(10)14/h3-4,6,8H,2,5,7,15H2,1H3. The van der Waals surface area contributed by atoms with Gasteiger partial charge in [0.1, 0.15) is 5.82 Å². The Labute approximate surface area is 103 Å². The average Bonchev–Trinajstić information content (AvgIpc) is 2.28. The second-order valence-electron chi connectivity index (χ2n) is 3.93. The van der Waals surface area contributed by atoms with Gasteiger partial charge in [0.25, 0.3) is 0 Å². The summed E-state index contributed by atoms with van der Waals surface area (Å²) in [5.41, 5.74) is 5.61. The Hall–Kier alpha value is -0.740. The van der Waals surface area contributed by atoms with Crippen LogP contribution in [0.15, 0.2) is 22.7 Å². The molecule has 0 saturated heterocycles. The second-order valence-corrected chi connectivity index (χ2v) is 4.84. The van der Waals surface area contributed by atoms with E-state index in [1.807, 2.05) is 6.92 Å². The lowest BCUT2D eigenvalue weighted by Crippen LogP contribution is -2.13. The highest BCUT2D eigenvalue weighted by Crippen LogP contribution is 2.18. The molecule has 1 atom stereocenters. The minimum Gasteiger partial charge on any atom is -0.330 e. The fraction of sp³-hybridized carbons (Fsp3) is 0.417. The molecule has 0 heterocycles. The molecule has 0 bridgehead atoms. The van der Waals surface area contributed by atoms with Crippen molar-refractivity contribution < 1.29 is 9.18 Å². The number of halogens is 2. The molecule has 0 amide bonds. The maximum absolute atomic E-state index is 13.4. The van der Waals surface area contributed by atoms with Crippen LogP contribution < -0.4 is 5.73 Å². The van der Waals surface area contributed by atoms with E-state index in [9.17, 15) is 9.18 Å². The molecule has 1 aromatic carbocycles. The molecule has 0 radical (unpaired) electrons. The van der Waals surface area contributed by atoms with E-state index in [4.69, 9.17) is 5.73 Å². The number of ketones is 1. The lowest BCUT2D eigenvalue weighted by molar-refractivity contribution is 0.0971. The van der Waals surface area contributed by atoms with Crippen molar-refractivity contribution in [1.82, 2.24) is 0 Å². The summed E-state index contributed by atoms with van der Waals surface area (Å²) in [6.07, 6.45) is 1.03. The number of hydrogen-bond donors (Lipinski definition) is 1. The lowest BCUT2D eigenvalue weighted by atomic mass is 10.00. The van der Waals surface area contributed by atoms with E-state index in [1.54, 1.807) is 6.07 Å². The molecule has 2 nitrogen and oxygen atoms in total. The van der Waals surface area contributed by atoms with Crippen molar-refractivity contribution in [3.05, 3.63) is 34.1 Å². The number of rotatable bonds is 5. The zero-order valence-electron chi connectivity index (χ0n) is 9.17. The molecule has 0 fully saturated rings. The first kappa shape index (κ1) is 13.3. The highest BCUT2D eigenvalue weighted by Gasteiger charge is 2.13. The smallest absolute Gasteiger partial charge is 0.165 e. The minimum absolute atomic E-state index is 0.151. The average molecular weight is 288 g/mol. The molecular formula is C12H15BrFNO. The van der Waals surface area contributed by atoms with Gasteiger partial charge in [0.05, 0.1) is 5.56 Å². The molecule has 88 valence electrons.